The SMILES string of the molecule is CC(N)CC(O)c1ccccc1[N+](=O)[O-]. The zero-order valence-electron chi connectivity index (χ0n) is 8.46. The third kappa shape index (κ3) is 3.00. The summed E-state index contributed by atoms with van der Waals surface area (Å²) in [6, 6.07) is 5.96. The number of para-hydroxylation sites is 1. The molecule has 0 saturated heterocycles. The summed E-state index contributed by atoms with van der Waals surface area (Å²) in [6.07, 6.45) is -0.572. The van der Waals surface area contributed by atoms with E-state index in [1.807, 2.05) is 0 Å². The van der Waals surface area contributed by atoms with Crippen LogP contribution in [0, 0.1) is 10.1 Å². The largest absolute Gasteiger partial charge is 0.388 e. The van der Waals surface area contributed by atoms with Gasteiger partial charge in [0.25, 0.3) is 5.69 Å². The molecule has 5 heteroatoms. The molecular weight excluding hydrogens is 196 g/mol. The van der Waals surface area contributed by atoms with Crippen LogP contribution in [0.2, 0.25) is 0 Å². The highest BCUT2D eigenvalue weighted by atomic mass is 16.6. The molecule has 0 aliphatic carbocycles. The van der Waals surface area contributed by atoms with E-state index >= 15 is 0 Å². The van der Waals surface area contributed by atoms with Gasteiger partial charge < -0.3 is 10.8 Å². The van der Waals surface area contributed by atoms with Crippen LogP contribution in [-0.2, 0) is 0 Å². The van der Waals surface area contributed by atoms with Crippen LogP contribution >= 0.6 is 0 Å². The molecule has 2 atom stereocenters. The Balaban J connectivity index is 2.97. The Kier molecular flexibility index (Phi) is 3.76. The molecule has 3 N–H and O–H groups in total. The van der Waals surface area contributed by atoms with Crippen LogP contribution in [0.5, 0.6) is 0 Å². The molecule has 0 bridgehead atoms. The molecule has 0 radical (unpaired) electrons. The Morgan fingerprint density at radius 2 is 2.13 bits per heavy atom. The first-order valence-electron chi connectivity index (χ1n) is 4.69. The molecule has 0 aliphatic rings. The molecule has 1 aromatic carbocycles. The lowest BCUT2D eigenvalue weighted by Crippen LogP contribution is -2.19. The van der Waals surface area contributed by atoms with Gasteiger partial charge in [-0.15, -0.1) is 0 Å². The van der Waals surface area contributed by atoms with Crippen molar-refractivity contribution in [2.45, 2.75) is 25.5 Å². The van der Waals surface area contributed by atoms with Gasteiger partial charge in [-0.2, -0.15) is 0 Å². The molecule has 0 amide bonds. The first-order valence-corrected chi connectivity index (χ1v) is 4.69. The summed E-state index contributed by atoms with van der Waals surface area (Å²) >= 11 is 0. The zero-order chi connectivity index (χ0) is 11.4. The number of aliphatic hydroxyl groups excluding tert-OH is 1. The number of hydrogen-bond donors (Lipinski definition) is 2. The van der Waals surface area contributed by atoms with Gasteiger partial charge in [-0.25, -0.2) is 0 Å². The number of nitrogens with two attached hydrogens (primary N) is 1. The Bertz CT molecular complexity index is 352. The third-order valence-electron chi connectivity index (χ3n) is 2.09. The summed E-state index contributed by atoms with van der Waals surface area (Å²) in [6.45, 7) is 1.75. The van der Waals surface area contributed by atoms with Crippen molar-refractivity contribution in [3.05, 3.63) is 39.9 Å². The van der Waals surface area contributed by atoms with Gasteiger partial charge in [0.05, 0.1) is 16.6 Å². The van der Waals surface area contributed by atoms with Crippen LogP contribution in [0.3, 0.4) is 0 Å². The second-order valence-corrected chi connectivity index (χ2v) is 3.54. The average Bonchev–Trinajstić information content (AvgIpc) is 2.16. The lowest BCUT2D eigenvalue weighted by Gasteiger charge is -2.13. The van der Waals surface area contributed by atoms with Crippen molar-refractivity contribution in [2.24, 2.45) is 5.73 Å². The van der Waals surface area contributed by atoms with Gasteiger partial charge >= 0.3 is 0 Å². The van der Waals surface area contributed by atoms with Crippen molar-refractivity contribution < 1.29 is 10.0 Å². The summed E-state index contributed by atoms with van der Waals surface area (Å²) in [4.78, 5) is 10.2. The van der Waals surface area contributed by atoms with Gasteiger partial charge in [0, 0.05) is 12.1 Å². The maximum atomic E-state index is 10.7. The van der Waals surface area contributed by atoms with E-state index in [2.05, 4.69) is 0 Å². The van der Waals surface area contributed by atoms with Crippen LogP contribution in [0.25, 0.3) is 0 Å². The number of nitro groups is 1. The van der Waals surface area contributed by atoms with E-state index in [4.69, 9.17) is 5.73 Å². The van der Waals surface area contributed by atoms with Crippen molar-refractivity contribution in [3.8, 4) is 0 Å². The van der Waals surface area contributed by atoms with Crippen LogP contribution in [-0.4, -0.2) is 16.1 Å². The second-order valence-electron chi connectivity index (χ2n) is 3.54. The standard InChI is InChI=1S/C10H14N2O3/c1-7(11)6-10(13)8-4-2-3-5-9(8)12(14)15/h2-5,7,10,13H,6,11H2,1H3. The summed E-state index contributed by atoms with van der Waals surface area (Å²) < 4.78 is 0. The minimum atomic E-state index is -0.883. The molecular formula is C10H14N2O3. The Labute approximate surface area is 87.7 Å². The Hall–Kier alpha value is -1.46. The normalized spacial score (nSPS) is 14.6. The fraction of sp³-hybridized carbons (Fsp3) is 0.400. The molecule has 15 heavy (non-hydrogen) atoms. The lowest BCUT2D eigenvalue weighted by atomic mass is 10.0. The van der Waals surface area contributed by atoms with Crippen LogP contribution in [0.15, 0.2) is 24.3 Å². The first kappa shape index (κ1) is 11.6. The maximum absolute atomic E-state index is 10.7. The highest BCUT2D eigenvalue weighted by Gasteiger charge is 2.20. The van der Waals surface area contributed by atoms with Crippen molar-refractivity contribution in [3.63, 3.8) is 0 Å². The van der Waals surface area contributed by atoms with E-state index in [1.54, 1.807) is 25.1 Å². The molecule has 0 spiro atoms. The van der Waals surface area contributed by atoms with E-state index in [0.29, 0.717) is 12.0 Å². The van der Waals surface area contributed by atoms with Gasteiger partial charge in [0.15, 0.2) is 0 Å². The Morgan fingerprint density at radius 3 is 2.67 bits per heavy atom. The highest BCUT2D eigenvalue weighted by molar-refractivity contribution is 5.41. The molecule has 1 aromatic rings. The van der Waals surface area contributed by atoms with E-state index in [0.717, 1.165) is 0 Å². The fourth-order valence-electron chi connectivity index (χ4n) is 1.41. The predicted molar refractivity (Wildman–Crippen MR) is 56.3 cm³/mol. The molecule has 0 saturated carbocycles. The monoisotopic (exact) mass is 210 g/mol. The van der Waals surface area contributed by atoms with E-state index in [1.165, 1.54) is 6.07 Å². The summed E-state index contributed by atoms with van der Waals surface area (Å²) in [5.74, 6) is 0. The molecule has 82 valence electrons. The zero-order valence-corrected chi connectivity index (χ0v) is 8.46. The molecule has 0 heterocycles. The number of nitrogens with zero attached hydrogens (tertiary/aromatic N) is 1. The van der Waals surface area contributed by atoms with Crippen molar-refractivity contribution in [1.29, 1.82) is 0 Å². The number of aliphatic hydroxyl groups is 1. The highest BCUT2D eigenvalue weighted by Crippen LogP contribution is 2.27. The number of rotatable bonds is 4. The van der Waals surface area contributed by atoms with Gasteiger partial charge in [-0.1, -0.05) is 12.1 Å². The minimum Gasteiger partial charge on any atom is -0.388 e. The number of nitro benzene ring substituents is 1. The molecule has 5 nitrogen and oxygen atoms in total. The van der Waals surface area contributed by atoms with Crippen molar-refractivity contribution >= 4 is 5.69 Å². The quantitative estimate of drug-likeness (QED) is 0.580. The summed E-state index contributed by atoms with van der Waals surface area (Å²) in [7, 11) is 0. The molecule has 0 fully saturated rings. The summed E-state index contributed by atoms with van der Waals surface area (Å²) in [5.41, 5.74) is 5.78. The molecule has 1 rings (SSSR count). The van der Waals surface area contributed by atoms with Gasteiger partial charge in [-0.3, -0.25) is 10.1 Å². The maximum Gasteiger partial charge on any atom is 0.275 e. The van der Waals surface area contributed by atoms with Gasteiger partial charge in [0.2, 0.25) is 0 Å². The van der Waals surface area contributed by atoms with E-state index in [-0.39, 0.29) is 11.7 Å². The molecule has 2 unspecified atom stereocenters. The van der Waals surface area contributed by atoms with Gasteiger partial charge in [0.1, 0.15) is 0 Å². The van der Waals surface area contributed by atoms with Crippen LogP contribution < -0.4 is 5.73 Å². The third-order valence-corrected chi connectivity index (χ3v) is 2.09. The fourth-order valence-corrected chi connectivity index (χ4v) is 1.41. The van der Waals surface area contributed by atoms with Crippen LogP contribution in [0.4, 0.5) is 5.69 Å². The topological polar surface area (TPSA) is 89.4 Å². The van der Waals surface area contributed by atoms with Crippen molar-refractivity contribution in [1.82, 2.24) is 0 Å². The lowest BCUT2D eigenvalue weighted by molar-refractivity contribution is -0.386. The van der Waals surface area contributed by atoms with Crippen molar-refractivity contribution in [2.75, 3.05) is 0 Å². The number of benzene rings is 1. The number of hydrogen-bond acceptors (Lipinski definition) is 4. The minimum absolute atomic E-state index is 0.0642. The van der Waals surface area contributed by atoms with Crippen LogP contribution in [0.1, 0.15) is 25.0 Å². The first-order chi connectivity index (χ1) is 7.02. The van der Waals surface area contributed by atoms with E-state index < -0.39 is 11.0 Å². The smallest absolute Gasteiger partial charge is 0.275 e. The molecule has 0 aromatic heterocycles. The Morgan fingerprint density at radius 1 is 1.53 bits per heavy atom. The summed E-state index contributed by atoms with van der Waals surface area (Å²) in [5, 5.41) is 20.4. The van der Waals surface area contributed by atoms with Gasteiger partial charge in [-0.05, 0) is 19.4 Å². The molecule has 0 aliphatic heterocycles. The second kappa shape index (κ2) is 4.86. The predicted octanol–water partition coefficient (Wildman–Crippen LogP) is 1.37. The average molecular weight is 210 g/mol. The van der Waals surface area contributed by atoms with E-state index in [9.17, 15) is 15.2 Å².